The molecule has 0 radical (unpaired) electrons. The van der Waals surface area contributed by atoms with Crippen LogP contribution in [0, 0.1) is 6.92 Å². The fourth-order valence-electron chi connectivity index (χ4n) is 9.72. The summed E-state index contributed by atoms with van der Waals surface area (Å²) in [5, 5.41) is 3.83. The summed E-state index contributed by atoms with van der Waals surface area (Å²) in [7, 11) is 0. The first-order valence-corrected chi connectivity index (χ1v) is 22.3. The van der Waals surface area contributed by atoms with E-state index in [-0.39, 0.29) is 11.5 Å². The predicted molar refractivity (Wildman–Crippen MR) is 253 cm³/mol. The molecule has 1 aliphatic heterocycles. The van der Waals surface area contributed by atoms with Crippen LogP contribution in [0.3, 0.4) is 0 Å². The third-order valence-corrected chi connectivity index (χ3v) is 15.2. The summed E-state index contributed by atoms with van der Waals surface area (Å²) in [5.74, 6) is 0. The van der Waals surface area contributed by atoms with Gasteiger partial charge in [0.1, 0.15) is 0 Å². The third-order valence-electron chi connectivity index (χ3n) is 12.7. The monoisotopic (exact) mass is 796 g/mol. The van der Waals surface area contributed by atoms with Gasteiger partial charge in [-0.3, -0.25) is 0 Å². The maximum Gasteiger partial charge on any atom is 0.0619 e. The number of allylic oxidation sites excluding steroid dienone is 3. The van der Waals surface area contributed by atoms with Crippen molar-refractivity contribution in [2.45, 2.75) is 65.2 Å². The van der Waals surface area contributed by atoms with Crippen LogP contribution in [0.1, 0.15) is 49.6 Å². The molecule has 0 fully saturated rings. The summed E-state index contributed by atoms with van der Waals surface area (Å²) in [5.41, 5.74) is 15.3. The standard InChI is InChI=1S/C55H44N2S2/c1-5-14-47-35(2)42-31-32-45-53(44-33-51-52(34-46(44)55(45,3)4)59-50-22-12-11-21-49(50)58-51)54(42)57(47)41-29-25-37(26-30-41)36-23-27-40(28-24-36)56(39-17-7-6-8-18-39)48-20-13-16-38-15-9-10-19-43(38)48/h5-17,19-34,39H,18H2,1-4H3/b14-5-. The van der Waals surface area contributed by atoms with Crippen LogP contribution in [-0.4, -0.2) is 10.6 Å². The first kappa shape index (κ1) is 36.2. The fourth-order valence-corrected chi connectivity index (χ4v) is 12.0. The second-order valence-corrected chi connectivity index (χ2v) is 18.6. The minimum absolute atomic E-state index is 0.122. The number of hydrogen-bond donors (Lipinski definition) is 0. The zero-order valence-electron chi connectivity index (χ0n) is 33.7. The Morgan fingerprint density at radius 2 is 1.37 bits per heavy atom. The fraction of sp³-hybridized carbons (Fsp3) is 0.127. The molecule has 0 spiro atoms. The first-order chi connectivity index (χ1) is 28.9. The van der Waals surface area contributed by atoms with Crippen LogP contribution in [0.15, 0.2) is 189 Å². The van der Waals surface area contributed by atoms with Crippen LogP contribution in [0.5, 0.6) is 0 Å². The lowest BCUT2D eigenvalue weighted by atomic mass is 9.82. The topological polar surface area (TPSA) is 8.17 Å². The van der Waals surface area contributed by atoms with Gasteiger partial charge in [0.25, 0.3) is 0 Å². The Morgan fingerprint density at radius 3 is 2.10 bits per heavy atom. The number of nitrogens with zero attached hydrogens (tertiary/aromatic N) is 2. The SMILES string of the molecule is C/C=C\c1c(C)c2ccc3c(c2n1-c1ccc(-c2ccc(N(c4cccc5ccccc45)C4C=CC=CC4)cc2)cc1)-c1cc2c(cc1C3(C)C)Sc1ccccc1S2. The van der Waals surface area contributed by atoms with Crippen molar-refractivity contribution in [2.24, 2.45) is 0 Å². The highest BCUT2D eigenvalue weighted by Gasteiger charge is 2.39. The number of rotatable bonds is 6. The van der Waals surface area contributed by atoms with Crippen molar-refractivity contribution >= 4 is 62.6 Å². The summed E-state index contributed by atoms with van der Waals surface area (Å²) in [6.07, 6.45) is 14.3. The van der Waals surface area contributed by atoms with Crippen LogP contribution in [0.2, 0.25) is 0 Å². The Labute approximate surface area is 355 Å². The van der Waals surface area contributed by atoms with E-state index < -0.39 is 0 Å². The molecule has 0 N–H and O–H groups in total. The molecule has 0 amide bonds. The van der Waals surface area contributed by atoms with E-state index in [1.165, 1.54) is 103 Å². The molecular weight excluding hydrogens is 753 g/mol. The Balaban J connectivity index is 0.997. The number of hydrogen-bond acceptors (Lipinski definition) is 3. The number of anilines is 2. The Bertz CT molecular complexity index is 3060. The van der Waals surface area contributed by atoms with E-state index in [2.05, 4.69) is 213 Å². The van der Waals surface area contributed by atoms with E-state index in [0.717, 1.165) is 6.42 Å². The van der Waals surface area contributed by atoms with Crippen molar-refractivity contribution < 1.29 is 0 Å². The molecule has 2 heterocycles. The quantitative estimate of drug-likeness (QED) is 0.166. The van der Waals surface area contributed by atoms with Gasteiger partial charge >= 0.3 is 0 Å². The van der Waals surface area contributed by atoms with Gasteiger partial charge in [0, 0.05) is 64.1 Å². The lowest BCUT2D eigenvalue weighted by Gasteiger charge is -2.33. The predicted octanol–water partition coefficient (Wildman–Crippen LogP) is 15.7. The number of benzene rings is 7. The van der Waals surface area contributed by atoms with E-state index >= 15 is 0 Å². The molecule has 7 aromatic carbocycles. The maximum absolute atomic E-state index is 2.52. The van der Waals surface area contributed by atoms with Crippen LogP contribution in [0.4, 0.5) is 11.4 Å². The number of aromatic nitrogens is 1. The van der Waals surface area contributed by atoms with Gasteiger partial charge in [0.05, 0.1) is 11.6 Å². The smallest absolute Gasteiger partial charge is 0.0619 e. The summed E-state index contributed by atoms with van der Waals surface area (Å²) >= 11 is 3.82. The molecule has 59 heavy (non-hydrogen) atoms. The molecule has 8 aromatic rings. The van der Waals surface area contributed by atoms with E-state index in [4.69, 9.17) is 0 Å². The third kappa shape index (κ3) is 5.79. The molecule has 0 bridgehead atoms. The summed E-state index contributed by atoms with van der Waals surface area (Å²) in [6, 6.07) is 52.5. The highest BCUT2D eigenvalue weighted by Crippen LogP contribution is 2.57. The zero-order chi connectivity index (χ0) is 39.8. The second-order valence-electron chi connectivity index (χ2n) is 16.4. The number of fused-ring (bicyclic) bond motifs is 8. The Kier molecular flexibility index (Phi) is 8.65. The van der Waals surface area contributed by atoms with Gasteiger partial charge in [-0.25, -0.2) is 0 Å². The largest absolute Gasteiger partial charge is 0.334 e. The van der Waals surface area contributed by atoms with Crippen molar-refractivity contribution in [2.75, 3.05) is 4.90 Å². The maximum atomic E-state index is 2.52. The van der Waals surface area contributed by atoms with Crippen molar-refractivity contribution in [1.82, 2.24) is 4.57 Å². The van der Waals surface area contributed by atoms with Crippen molar-refractivity contribution in [3.8, 4) is 27.9 Å². The van der Waals surface area contributed by atoms with E-state index in [9.17, 15) is 0 Å². The summed E-state index contributed by atoms with van der Waals surface area (Å²) in [4.78, 5) is 7.89. The van der Waals surface area contributed by atoms with Crippen molar-refractivity contribution in [1.29, 1.82) is 0 Å². The molecule has 4 heteroatoms. The molecule has 0 saturated heterocycles. The molecule has 1 aromatic heterocycles. The average molecular weight is 797 g/mol. The molecule has 1 unspecified atom stereocenters. The van der Waals surface area contributed by atoms with Gasteiger partial charge in [-0.15, -0.1) is 0 Å². The highest BCUT2D eigenvalue weighted by molar-refractivity contribution is 8.05. The molecule has 286 valence electrons. The summed E-state index contributed by atoms with van der Waals surface area (Å²) < 4.78 is 2.52. The highest BCUT2D eigenvalue weighted by atomic mass is 32.2. The van der Waals surface area contributed by atoms with Crippen LogP contribution in [0.25, 0.3) is 55.7 Å². The molecule has 1 atom stereocenters. The molecule has 2 aliphatic carbocycles. The molecule has 11 rings (SSSR count). The van der Waals surface area contributed by atoms with E-state index in [1.807, 2.05) is 23.5 Å². The Morgan fingerprint density at radius 1 is 0.678 bits per heavy atom. The second kappa shape index (κ2) is 14.1. The molecule has 2 nitrogen and oxygen atoms in total. The van der Waals surface area contributed by atoms with E-state index in [1.54, 1.807) is 0 Å². The lowest BCUT2D eigenvalue weighted by Crippen LogP contribution is -2.29. The number of aryl methyl sites for hydroxylation is 1. The van der Waals surface area contributed by atoms with Crippen molar-refractivity contribution in [3.05, 3.63) is 192 Å². The van der Waals surface area contributed by atoms with Gasteiger partial charge in [0.2, 0.25) is 0 Å². The van der Waals surface area contributed by atoms with E-state index in [0.29, 0.717) is 0 Å². The normalized spacial score (nSPS) is 16.0. The zero-order valence-corrected chi connectivity index (χ0v) is 35.4. The minimum Gasteiger partial charge on any atom is -0.334 e. The first-order valence-electron chi connectivity index (χ1n) is 20.6. The van der Waals surface area contributed by atoms with Crippen LogP contribution < -0.4 is 4.90 Å². The van der Waals surface area contributed by atoms with Gasteiger partial charge in [-0.2, -0.15) is 0 Å². The van der Waals surface area contributed by atoms with Gasteiger partial charge < -0.3 is 9.47 Å². The van der Waals surface area contributed by atoms with Crippen molar-refractivity contribution in [3.63, 3.8) is 0 Å². The minimum atomic E-state index is -0.122. The molecular formula is C55H44N2S2. The van der Waals surface area contributed by atoms with Crippen LogP contribution >= 0.6 is 23.5 Å². The Hall–Kier alpha value is -5.94. The molecule has 3 aliphatic rings. The summed E-state index contributed by atoms with van der Waals surface area (Å²) in [6.45, 7) is 9.22. The lowest BCUT2D eigenvalue weighted by molar-refractivity contribution is 0.658. The average Bonchev–Trinajstić information content (AvgIpc) is 3.68. The van der Waals surface area contributed by atoms with Crippen LogP contribution in [-0.2, 0) is 5.41 Å². The van der Waals surface area contributed by atoms with Gasteiger partial charge in [-0.05, 0) is 120 Å². The molecule has 0 saturated carbocycles. The van der Waals surface area contributed by atoms with Gasteiger partial charge in [0.15, 0.2) is 0 Å². The van der Waals surface area contributed by atoms with Gasteiger partial charge in [-0.1, -0.05) is 153 Å².